The molecule has 1 atom stereocenters. The Morgan fingerprint density at radius 2 is 2.21 bits per heavy atom. The molecule has 1 heterocycles. The Hall–Kier alpha value is -0.540. The number of hydrogen-bond acceptors (Lipinski definition) is 2. The lowest BCUT2D eigenvalue weighted by Gasteiger charge is -2.12. The first kappa shape index (κ1) is 11.5. The van der Waals surface area contributed by atoms with Crippen molar-refractivity contribution in [3.63, 3.8) is 0 Å². The Kier molecular flexibility index (Phi) is 3.96. The minimum absolute atomic E-state index is 0.502. The predicted molar refractivity (Wildman–Crippen MR) is 59.5 cm³/mol. The molecule has 3 nitrogen and oxygen atoms in total. The standard InChI is InChI=1S/C10H18ClN3/c1-4-8(6-12)5-9-10(11)7(2)13-14(9)3/h8H,4-6,12H2,1-3H3. The molecular weight excluding hydrogens is 198 g/mol. The topological polar surface area (TPSA) is 43.8 Å². The van der Waals surface area contributed by atoms with Crippen molar-refractivity contribution in [1.29, 1.82) is 0 Å². The fraction of sp³-hybridized carbons (Fsp3) is 0.700. The molecular formula is C10H18ClN3. The number of hydrogen-bond donors (Lipinski definition) is 1. The molecule has 1 aromatic heterocycles. The molecule has 0 aliphatic heterocycles. The summed E-state index contributed by atoms with van der Waals surface area (Å²) in [6.45, 7) is 4.78. The lowest BCUT2D eigenvalue weighted by molar-refractivity contribution is 0.498. The van der Waals surface area contributed by atoms with Gasteiger partial charge in [-0.3, -0.25) is 4.68 Å². The Bertz CT molecular complexity index is 303. The molecule has 0 aliphatic carbocycles. The maximum Gasteiger partial charge on any atom is 0.0847 e. The molecule has 4 heteroatoms. The quantitative estimate of drug-likeness (QED) is 0.834. The van der Waals surface area contributed by atoms with Crippen LogP contribution in [0.1, 0.15) is 24.7 Å². The van der Waals surface area contributed by atoms with E-state index >= 15 is 0 Å². The lowest BCUT2D eigenvalue weighted by atomic mass is 10.0. The van der Waals surface area contributed by atoms with E-state index < -0.39 is 0 Å². The maximum atomic E-state index is 6.15. The van der Waals surface area contributed by atoms with Crippen molar-refractivity contribution in [2.45, 2.75) is 26.7 Å². The van der Waals surface area contributed by atoms with Crippen LogP contribution in [0.25, 0.3) is 0 Å². The van der Waals surface area contributed by atoms with Crippen LogP contribution in [-0.2, 0) is 13.5 Å². The van der Waals surface area contributed by atoms with Crippen LogP contribution in [0.2, 0.25) is 5.02 Å². The van der Waals surface area contributed by atoms with Gasteiger partial charge in [0.1, 0.15) is 0 Å². The van der Waals surface area contributed by atoms with Crippen molar-refractivity contribution >= 4 is 11.6 Å². The molecule has 80 valence electrons. The SMILES string of the molecule is CCC(CN)Cc1c(Cl)c(C)nn1C. The number of rotatable bonds is 4. The average molecular weight is 216 g/mol. The number of nitrogens with zero attached hydrogens (tertiary/aromatic N) is 2. The molecule has 0 aliphatic rings. The fourth-order valence-corrected chi connectivity index (χ4v) is 1.81. The first-order valence-electron chi connectivity index (χ1n) is 4.98. The number of nitrogens with two attached hydrogens (primary N) is 1. The van der Waals surface area contributed by atoms with Gasteiger partial charge in [-0.25, -0.2) is 0 Å². The first-order valence-corrected chi connectivity index (χ1v) is 5.36. The van der Waals surface area contributed by atoms with Gasteiger partial charge in [0, 0.05) is 7.05 Å². The van der Waals surface area contributed by atoms with Gasteiger partial charge in [0.25, 0.3) is 0 Å². The highest BCUT2D eigenvalue weighted by atomic mass is 35.5. The van der Waals surface area contributed by atoms with E-state index in [-0.39, 0.29) is 0 Å². The smallest absolute Gasteiger partial charge is 0.0847 e. The highest BCUT2D eigenvalue weighted by Crippen LogP contribution is 2.22. The second-order valence-corrected chi connectivity index (χ2v) is 4.06. The Morgan fingerprint density at radius 1 is 1.57 bits per heavy atom. The lowest BCUT2D eigenvalue weighted by Crippen LogP contribution is -2.17. The van der Waals surface area contributed by atoms with Gasteiger partial charge in [0.15, 0.2) is 0 Å². The van der Waals surface area contributed by atoms with Gasteiger partial charge in [-0.1, -0.05) is 24.9 Å². The fourth-order valence-electron chi connectivity index (χ4n) is 1.57. The summed E-state index contributed by atoms with van der Waals surface area (Å²) in [5, 5.41) is 5.07. The summed E-state index contributed by atoms with van der Waals surface area (Å²) in [4.78, 5) is 0. The minimum atomic E-state index is 0.502. The van der Waals surface area contributed by atoms with Crippen LogP contribution in [0.4, 0.5) is 0 Å². The molecule has 0 saturated carbocycles. The van der Waals surface area contributed by atoms with Crippen molar-refractivity contribution in [3.05, 3.63) is 16.4 Å². The molecule has 0 aromatic carbocycles. The number of aryl methyl sites for hydroxylation is 2. The summed E-state index contributed by atoms with van der Waals surface area (Å²) in [6, 6.07) is 0. The van der Waals surface area contributed by atoms with Gasteiger partial charge in [-0.2, -0.15) is 5.10 Å². The average Bonchev–Trinajstić information content (AvgIpc) is 2.40. The van der Waals surface area contributed by atoms with Gasteiger partial charge < -0.3 is 5.73 Å². The Labute approximate surface area is 90.2 Å². The molecule has 1 unspecified atom stereocenters. The highest BCUT2D eigenvalue weighted by Gasteiger charge is 2.14. The second-order valence-electron chi connectivity index (χ2n) is 3.68. The predicted octanol–water partition coefficient (Wildman–Crippen LogP) is 1.91. The van der Waals surface area contributed by atoms with Crippen molar-refractivity contribution in [3.8, 4) is 0 Å². The van der Waals surface area contributed by atoms with Gasteiger partial charge in [-0.15, -0.1) is 0 Å². The van der Waals surface area contributed by atoms with Gasteiger partial charge >= 0.3 is 0 Å². The van der Waals surface area contributed by atoms with Crippen molar-refractivity contribution in [2.75, 3.05) is 6.54 Å². The monoisotopic (exact) mass is 215 g/mol. The van der Waals surface area contributed by atoms with E-state index in [1.165, 1.54) is 0 Å². The summed E-state index contributed by atoms with van der Waals surface area (Å²) in [5.74, 6) is 0.502. The molecule has 1 rings (SSSR count). The molecule has 0 radical (unpaired) electrons. The van der Waals surface area contributed by atoms with Crippen molar-refractivity contribution in [2.24, 2.45) is 18.7 Å². The van der Waals surface area contributed by atoms with E-state index in [9.17, 15) is 0 Å². The molecule has 0 fully saturated rings. The normalized spacial score (nSPS) is 13.2. The maximum absolute atomic E-state index is 6.15. The van der Waals surface area contributed by atoms with E-state index in [1.807, 2.05) is 18.7 Å². The molecule has 1 aromatic rings. The van der Waals surface area contributed by atoms with Gasteiger partial charge in [0.2, 0.25) is 0 Å². The second kappa shape index (κ2) is 4.80. The van der Waals surface area contributed by atoms with Crippen molar-refractivity contribution in [1.82, 2.24) is 9.78 Å². The molecule has 0 saturated heterocycles. The van der Waals surface area contributed by atoms with E-state index in [0.717, 1.165) is 29.3 Å². The van der Waals surface area contributed by atoms with Crippen LogP contribution in [0.3, 0.4) is 0 Å². The summed E-state index contributed by atoms with van der Waals surface area (Å²) >= 11 is 6.15. The third kappa shape index (κ3) is 2.28. The summed E-state index contributed by atoms with van der Waals surface area (Å²) in [6.07, 6.45) is 2.00. The zero-order chi connectivity index (χ0) is 10.7. The summed E-state index contributed by atoms with van der Waals surface area (Å²) < 4.78 is 1.86. The molecule has 0 amide bonds. The Balaban J connectivity index is 2.84. The van der Waals surface area contributed by atoms with Crippen LogP contribution < -0.4 is 5.73 Å². The minimum Gasteiger partial charge on any atom is -0.330 e. The zero-order valence-electron chi connectivity index (χ0n) is 9.05. The van der Waals surface area contributed by atoms with Crippen molar-refractivity contribution < 1.29 is 0 Å². The number of aromatic nitrogens is 2. The molecule has 0 spiro atoms. The molecule has 14 heavy (non-hydrogen) atoms. The van der Waals surface area contributed by atoms with Gasteiger partial charge in [0.05, 0.1) is 16.4 Å². The molecule has 0 bridgehead atoms. The summed E-state index contributed by atoms with van der Waals surface area (Å²) in [7, 11) is 1.93. The van der Waals surface area contributed by atoms with E-state index in [2.05, 4.69) is 12.0 Å². The van der Waals surface area contributed by atoms with Crippen LogP contribution >= 0.6 is 11.6 Å². The van der Waals surface area contributed by atoms with Crippen LogP contribution in [-0.4, -0.2) is 16.3 Å². The van der Waals surface area contributed by atoms with E-state index in [0.29, 0.717) is 12.5 Å². The Morgan fingerprint density at radius 3 is 2.57 bits per heavy atom. The largest absolute Gasteiger partial charge is 0.330 e. The number of halogens is 1. The van der Waals surface area contributed by atoms with E-state index in [1.54, 1.807) is 0 Å². The molecule has 2 N–H and O–H groups in total. The zero-order valence-corrected chi connectivity index (χ0v) is 9.80. The van der Waals surface area contributed by atoms with Crippen LogP contribution in [0, 0.1) is 12.8 Å². The first-order chi connectivity index (χ1) is 6.60. The highest BCUT2D eigenvalue weighted by molar-refractivity contribution is 6.31. The van der Waals surface area contributed by atoms with E-state index in [4.69, 9.17) is 17.3 Å². The van der Waals surface area contributed by atoms with Crippen LogP contribution in [0.5, 0.6) is 0 Å². The third-order valence-electron chi connectivity index (χ3n) is 2.65. The third-order valence-corrected chi connectivity index (χ3v) is 3.15. The van der Waals surface area contributed by atoms with Crippen LogP contribution in [0.15, 0.2) is 0 Å². The summed E-state index contributed by atoms with van der Waals surface area (Å²) in [5.41, 5.74) is 7.66. The van der Waals surface area contributed by atoms with Gasteiger partial charge in [-0.05, 0) is 25.8 Å².